The van der Waals surface area contributed by atoms with Gasteiger partial charge in [-0.15, -0.1) is 0 Å². The van der Waals surface area contributed by atoms with E-state index in [1.807, 2.05) is 30.3 Å². The summed E-state index contributed by atoms with van der Waals surface area (Å²) in [6.07, 6.45) is 2.16. The standard InChI is InChI=1S/C27H35FN4O3.ClH/c1-18(2)16-23(29)27(35)32-14-12-20(13-15-32)25(33)31-24(17-19-6-4-3-5-7-19)26(34)30-22-10-8-21(28)9-11-22;/h3-11,18,20,23-24H,12-17,29H2,1-2H3,(H,30,34)(H,31,33);1H/t23-,24-;/m0./s1. The average molecular weight is 519 g/mol. The second-order valence-corrected chi connectivity index (χ2v) is 9.67. The van der Waals surface area contributed by atoms with Gasteiger partial charge in [0.25, 0.3) is 5.91 Å². The molecule has 3 rings (SSSR count). The van der Waals surface area contributed by atoms with Crippen molar-refractivity contribution in [1.82, 2.24) is 10.2 Å². The van der Waals surface area contributed by atoms with Crippen LogP contribution in [0, 0.1) is 17.7 Å². The fourth-order valence-corrected chi connectivity index (χ4v) is 4.40. The van der Waals surface area contributed by atoms with E-state index in [9.17, 15) is 18.8 Å². The molecule has 1 fully saturated rings. The Kier molecular flexibility index (Phi) is 11.3. The van der Waals surface area contributed by atoms with Gasteiger partial charge in [0.15, 0.2) is 6.04 Å². The van der Waals surface area contributed by atoms with Crippen molar-refractivity contribution in [3.05, 3.63) is 66.0 Å². The zero-order chi connectivity index (χ0) is 25.4. The van der Waals surface area contributed by atoms with Crippen LogP contribution in [0.15, 0.2) is 54.6 Å². The number of nitrogens with zero attached hydrogens (tertiary/aromatic N) is 1. The third-order valence-electron chi connectivity index (χ3n) is 6.31. The van der Waals surface area contributed by atoms with Gasteiger partial charge in [0.05, 0.1) is 0 Å². The molecule has 1 aliphatic heterocycles. The van der Waals surface area contributed by atoms with E-state index in [0.717, 1.165) is 12.0 Å². The van der Waals surface area contributed by atoms with E-state index in [-0.39, 0.29) is 42.1 Å². The molecule has 196 valence electrons. The van der Waals surface area contributed by atoms with Crippen molar-refractivity contribution in [3.8, 4) is 0 Å². The summed E-state index contributed by atoms with van der Waals surface area (Å²) in [6, 6.07) is 13.9. The Balaban J connectivity index is 0.00000456. The number of amides is 3. The number of benzene rings is 2. The minimum Gasteiger partial charge on any atom is -1.00 e. The van der Waals surface area contributed by atoms with Crippen molar-refractivity contribution < 1.29 is 36.9 Å². The molecular formula is C27H36ClFN4O3. The Bertz CT molecular complexity index is 996. The van der Waals surface area contributed by atoms with Gasteiger partial charge in [-0.2, -0.15) is 0 Å². The highest BCUT2D eigenvalue weighted by Gasteiger charge is 2.32. The second-order valence-electron chi connectivity index (χ2n) is 9.67. The lowest BCUT2D eigenvalue weighted by Crippen LogP contribution is -3.00. The summed E-state index contributed by atoms with van der Waals surface area (Å²) >= 11 is 0. The zero-order valence-corrected chi connectivity index (χ0v) is 21.6. The highest BCUT2D eigenvalue weighted by molar-refractivity contribution is 5.97. The van der Waals surface area contributed by atoms with Gasteiger partial charge in [-0.25, -0.2) is 4.39 Å². The molecule has 9 heteroatoms. The first kappa shape index (κ1) is 29.3. The predicted molar refractivity (Wildman–Crippen MR) is 133 cm³/mol. The molecule has 1 aliphatic rings. The third-order valence-corrected chi connectivity index (χ3v) is 6.31. The number of rotatable bonds is 9. The van der Waals surface area contributed by atoms with Gasteiger partial charge < -0.3 is 33.7 Å². The van der Waals surface area contributed by atoms with E-state index in [2.05, 4.69) is 30.2 Å². The molecule has 1 heterocycles. The summed E-state index contributed by atoms with van der Waals surface area (Å²) in [5.41, 5.74) is 5.38. The van der Waals surface area contributed by atoms with Gasteiger partial charge in [-0.1, -0.05) is 44.2 Å². The summed E-state index contributed by atoms with van der Waals surface area (Å²) in [6.45, 7) is 5.15. The number of anilines is 1. The monoisotopic (exact) mass is 518 g/mol. The van der Waals surface area contributed by atoms with Crippen molar-refractivity contribution >= 4 is 23.4 Å². The predicted octanol–water partition coefficient (Wildman–Crippen LogP) is -0.609. The lowest BCUT2D eigenvalue weighted by Gasteiger charge is -2.33. The van der Waals surface area contributed by atoms with Crippen LogP contribution in [0.5, 0.6) is 0 Å². The third kappa shape index (κ3) is 8.60. The van der Waals surface area contributed by atoms with Crippen LogP contribution < -0.4 is 28.8 Å². The Morgan fingerprint density at radius 1 is 1.03 bits per heavy atom. The van der Waals surface area contributed by atoms with Gasteiger partial charge in [0.2, 0.25) is 11.8 Å². The molecule has 2 aromatic carbocycles. The van der Waals surface area contributed by atoms with E-state index in [4.69, 9.17) is 0 Å². The molecule has 0 aromatic heterocycles. The van der Waals surface area contributed by atoms with Gasteiger partial charge in [0, 0.05) is 37.5 Å². The van der Waals surface area contributed by atoms with Crippen LogP contribution in [0.4, 0.5) is 10.1 Å². The highest BCUT2D eigenvalue weighted by Crippen LogP contribution is 2.20. The number of likely N-dealkylation sites (tertiary alicyclic amines) is 1. The van der Waals surface area contributed by atoms with E-state index in [1.54, 1.807) is 4.90 Å². The Morgan fingerprint density at radius 2 is 1.64 bits per heavy atom. The summed E-state index contributed by atoms with van der Waals surface area (Å²) in [7, 11) is 0. The first-order chi connectivity index (χ1) is 16.7. The molecule has 3 amide bonds. The maximum atomic E-state index is 13.2. The van der Waals surface area contributed by atoms with Gasteiger partial charge in [0.1, 0.15) is 11.9 Å². The fraction of sp³-hybridized carbons (Fsp3) is 0.444. The minimum absolute atomic E-state index is 0. The quantitative estimate of drug-likeness (QED) is 0.412. The number of hydrogen-bond acceptors (Lipinski definition) is 3. The number of piperidine rings is 1. The molecule has 0 saturated carbocycles. The summed E-state index contributed by atoms with van der Waals surface area (Å²) in [5, 5.41) is 5.69. The van der Waals surface area contributed by atoms with Crippen molar-refractivity contribution in [1.29, 1.82) is 0 Å². The molecule has 7 nitrogen and oxygen atoms in total. The van der Waals surface area contributed by atoms with Crippen molar-refractivity contribution in [3.63, 3.8) is 0 Å². The van der Waals surface area contributed by atoms with Gasteiger partial charge in [-0.3, -0.25) is 14.4 Å². The molecule has 5 N–H and O–H groups in total. The Morgan fingerprint density at radius 3 is 2.22 bits per heavy atom. The van der Waals surface area contributed by atoms with Crippen LogP contribution >= 0.6 is 0 Å². The first-order valence-electron chi connectivity index (χ1n) is 12.3. The van der Waals surface area contributed by atoms with Crippen LogP contribution in [-0.4, -0.2) is 47.8 Å². The lowest BCUT2D eigenvalue weighted by molar-refractivity contribution is -0.408. The topological polar surface area (TPSA) is 106 Å². The van der Waals surface area contributed by atoms with E-state index < -0.39 is 11.9 Å². The molecule has 2 atom stereocenters. The normalized spacial score (nSPS) is 15.5. The van der Waals surface area contributed by atoms with E-state index in [1.165, 1.54) is 24.3 Å². The number of carbonyl (C=O) groups is 3. The van der Waals surface area contributed by atoms with Crippen molar-refractivity contribution in [2.45, 2.75) is 51.6 Å². The Hall–Kier alpha value is -2.97. The molecule has 2 aromatic rings. The molecule has 0 spiro atoms. The SMILES string of the molecule is CC(C)C[C@H]([NH3+])C(=O)N1CCC(C(=O)N[C@@H](Cc2ccccc2)C(=O)Nc2ccc(F)cc2)CC1.[Cl-]. The maximum absolute atomic E-state index is 13.2. The van der Waals surface area contributed by atoms with Crippen LogP contribution in [0.25, 0.3) is 0 Å². The van der Waals surface area contributed by atoms with Gasteiger partial charge in [-0.05, 0) is 48.6 Å². The molecule has 36 heavy (non-hydrogen) atoms. The average Bonchev–Trinajstić information content (AvgIpc) is 2.84. The lowest BCUT2D eigenvalue weighted by atomic mass is 9.94. The van der Waals surface area contributed by atoms with Crippen LogP contribution in [0.2, 0.25) is 0 Å². The van der Waals surface area contributed by atoms with E-state index >= 15 is 0 Å². The number of hydrogen-bond donors (Lipinski definition) is 3. The van der Waals surface area contributed by atoms with Crippen LogP contribution in [-0.2, 0) is 20.8 Å². The number of nitrogens with one attached hydrogen (secondary N) is 2. The Labute approximate surface area is 218 Å². The number of quaternary nitrogens is 1. The second kappa shape index (κ2) is 13.9. The molecule has 1 saturated heterocycles. The zero-order valence-electron chi connectivity index (χ0n) is 20.9. The fourth-order valence-electron chi connectivity index (χ4n) is 4.40. The molecule has 0 radical (unpaired) electrons. The number of halogens is 2. The number of carbonyl (C=O) groups excluding carboxylic acids is 3. The first-order valence-corrected chi connectivity index (χ1v) is 12.3. The van der Waals surface area contributed by atoms with Crippen molar-refractivity contribution in [2.24, 2.45) is 11.8 Å². The van der Waals surface area contributed by atoms with Crippen LogP contribution in [0.1, 0.15) is 38.7 Å². The van der Waals surface area contributed by atoms with Crippen LogP contribution in [0.3, 0.4) is 0 Å². The molecule has 0 bridgehead atoms. The highest BCUT2D eigenvalue weighted by atomic mass is 35.5. The largest absolute Gasteiger partial charge is 1.00 e. The molecule has 0 aliphatic carbocycles. The molecular weight excluding hydrogens is 483 g/mol. The smallest absolute Gasteiger partial charge is 0.280 e. The molecule has 0 unspecified atom stereocenters. The van der Waals surface area contributed by atoms with E-state index in [0.29, 0.717) is 44.0 Å². The summed E-state index contributed by atoms with van der Waals surface area (Å²) in [4.78, 5) is 40.6. The van der Waals surface area contributed by atoms with Gasteiger partial charge >= 0.3 is 0 Å². The minimum atomic E-state index is -0.787. The van der Waals surface area contributed by atoms with Crippen molar-refractivity contribution in [2.75, 3.05) is 18.4 Å². The maximum Gasteiger partial charge on any atom is 0.280 e. The summed E-state index contributed by atoms with van der Waals surface area (Å²) in [5.74, 6) is -0.790. The summed E-state index contributed by atoms with van der Waals surface area (Å²) < 4.78 is 13.2.